The molecule has 1 atom stereocenters. The number of nitro groups is 1. The Morgan fingerprint density at radius 2 is 1.86 bits per heavy atom. The lowest BCUT2D eigenvalue weighted by atomic mass is 10.1. The number of rotatable bonds is 4. The highest BCUT2D eigenvalue weighted by molar-refractivity contribution is 9.10. The van der Waals surface area contributed by atoms with Crippen LogP contribution in [0, 0.1) is 10.1 Å². The summed E-state index contributed by atoms with van der Waals surface area (Å²) in [7, 11) is 0. The van der Waals surface area contributed by atoms with Crippen LogP contribution in [0.4, 0.5) is 5.69 Å². The Hall–Kier alpha value is -1.44. The van der Waals surface area contributed by atoms with E-state index in [2.05, 4.69) is 31.9 Å². The van der Waals surface area contributed by atoms with Crippen LogP contribution in [0.2, 0.25) is 0 Å². The van der Waals surface area contributed by atoms with Crippen LogP contribution >= 0.6 is 31.9 Å². The molecule has 0 aliphatic heterocycles. The highest BCUT2D eigenvalue weighted by Gasteiger charge is 2.17. The maximum absolute atomic E-state index is 11.1. The Morgan fingerprint density at radius 1 is 1.19 bits per heavy atom. The third kappa shape index (κ3) is 3.81. The SMILES string of the molecule is CC(N)c1ccc(Oc2ccc(Br)cc2[N+](=O)[O-])c(Br)c1. The molecule has 0 aliphatic carbocycles. The molecular weight excluding hydrogens is 404 g/mol. The summed E-state index contributed by atoms with van der Waals surface area (Å²) < 4.78 is 6.95. The summed E-state index contributed by atoms with van der Waals surface area (Å²) in [6.07, 6.45) is 0. The van der Waals surface area contributed by atoms with Crippen LogP contribution in [-0.4, -0.2) is 4.92 Å². The van der Waals surface area contributed by atoms with Crippen molar-refractivity contribution in [2.75, 3.05) is 0 Å². The quantitative estimate of drug-likeness (QED) is 0.567. The van der Waals surface area contributed by atoms with Crippen LogP contribution in [0.15, 0.2) is 45.3 Å². The summed E-state index contributed by atoms with van der Waals surface area (Å²) in [5.74, 6) is 0.669. The van der Waals surface area contributed by atoms with E-state index in [1.165, 1.54) is 6.07 Å². The van der Waals surface area contributed by atoms with Crippen LogP contribution in [0.5, 0.6) is 11.5 Å². The van der Waals surface area contributed by atoms with E-state index < -0.39 is 4.92 Å². The Labute approximate surface area is 138 Å². The Morgan fingerprint density at radius 3 is 2.43 bits per heavy atom. The van der Waals surface area contributed by atoms with Crippen molar-refractivity contribution < 1.29 is 9.66 Å². The number of nitrogens with zero attached hydrogens (tertiary/aromatic N) is 1. The van der Waals surface area contributed by atoms with Crippen molar-refractivity contribution in [1.82, 2.24) is 0 Å². The molecule has 0 fully saturated rings. The lowest BCUT2D eigenvalue weighted by Crippen LogP contribution is -2.04. The summed E-state index contributed by atoms with van der Waals surface area (Å²) >= 11 is 6.60. The zero-order valence-electron chi connectivity index (χ0n) is 11.0. The lowest BCUT2D eigenvalue weighted by molar-refractivity contribution is -0.385. The Kier molecular flexibility index (Phi) is 4.97. The average molecular weight is 416 g/mol. The van der Waals surface area contributed by atoms with Crippen molar-refractivity contribution in [2.45, 2.75) is 13.0 Å². The van der Waals surface area contributed by atoms with Gasteiger partial charge in [0.25, 0.3) is 0 Å². The minimum absolute atomic E-state index is 0.0997. The van der Waals surface area contributed by atoms with E-state index in [0.717, 1.165) is 5.56 Å². The highest BCUT2D eigenvalue weighted by Crippen LogP contribution is 2.37. The van der Waals surface area contributed by atoms with E-state index in [1.807, 2.05) is 19.1 Å². The Bertz CT molecular complexity index is 690. The molecule has 110 valence electrons. The van der Waals surface area contributed by atoms with Gasteiger partial charge in [-0.3, -0.25) is 10.1 Å². The van der Waals surface area contributed by atoms with Crippen molar-refractivity contribution in [3.8, 4) is 11.5 Å². The van der Waals surface area contributed by atoms with Crippen molar-refractivity contribution in [2.24, 2.45) is 5.73 Å². The molecule has 0 spiro atoms. The number of hydrogen-bond acceptors (Lipinski definition) is 4. The second-order valence-electron chi connectivity index (χ2n) is 4.45. The molecule has 0 aliphatic rings. The van der Waals surface area contributed by atoms with Crippen LogP contribution in [0.25, 0.3) is 0 Å². The fraction of sp³-hybridized carbons (Fsp3) is 0.143. The van der Waals surface area contributed by atoms with Gasteiger partial charge in [0.15, 0.2) is 0 Å². The van der Waals surface area contributed by atoms with Gasteiger partial charge >= 0.3 is 5.69 Å². The molecule has 2 rings (SSSR count). The monoisotopic (exact) mass is 414 g/mol. The molecule has 1 unspecified atom stereocenters. The van der Waals surface area contributed by atoms with Crippen LogP contribution in [0.3, 0.4) is 0 Å². The average Bonchev–Trinajstić information content (AvgIpc) is 2.42. The van der Waals surface area contributed by atoms with Crippen molar-refractivity contribution >= 4 is 37.5 Å². The minimum Gasteiger partial charge on any atom is -0.449 e. The smallest absolute Gasteiger partial charge is 0.312 e. The van der Waals surface area contributed by atoms with E-state index in [-0.39, 0.29) is 17.5 Å². The van der Waals surface area contributed by atoms with Crippen LogP contribution in [-0.2, 0) is 0 Å². The molecular formula is C14H12Br2N2O3. The second-order valence-corrected chi connectivity index (χ2v) is 6.22. The molecule has 0 saturated carbocycles. The van der Waals surface area contributed by atoms with Gasteiger partial charge in [0.2, 0.25) is 5.75 Å². The maximum atomic E-state index is 11.1. The summed E-state index contributed by atoms with van der Waals surface area (Å²) in [6.45, 7) is 1.88. The van der Waals surface area contributed by atoms with Crippen LogP contribution < -0.4 is 10.5 Å². The van der Waals surface area contributed by atoms with Gasteiger partial charge in [-0.05, 0) is 52.7 Å². The first-order valence-electron chi connectivity index (χ1n) is 6.05. The maximum Gasteiger partial charge on any atom is 0.312 e. The molecule has 2 aromatic rings. The molecule has 0 radical (unpaired) electrons. The molecule has 0 saturated heterocycles. The number of halogens is 2. The van der Waals surface area contributed by atoms with Crippen molar-refractivity contribution in [1.29, 1.82) is 0 Å². The zero-order valence-corrected chi connectivity index (χ0v) is 14.2. The van der Waals surface area contributed by atoms with E-state index in [4.69, 9.17) is 10.5 Å². The summed E-state index contributed by atoms with van der Waals surface area (Å²) in [5, 5.41) is 11.1. The van der Waals surface area contributed by atoms with Gasteiger partial charge in [-0.15, -0.1) is 0 Å². The molecule has 0 bridgehead atoms. The first kappa shape index (κ1) is 15.9. The number of nitrogens with two attached hydrogens (primary N) is 1. The third-order valence-electron chi connectivity index (χ3n) is 2.82. The normalized spacial score (nSPS) is 12.0. The predicted molar refractivity (Wildman–Crippen MR) is 87.6 cm³/mol. The topological polar surface area (TPSA) is 78.4 Å². The summed E-state index contributed by atoms with van der Waals surface area (Å²) in [6, 6.07) is 9.94. The third-order valence-corrected chi connectivity index (χ3v) is 3.93. The second kappa shape index (κ2) is 6.55. The number of ether oxygens (including phenoxy) is 1. The Balaban J connectivity index is 2.37. The molecule has 5 nitrogen and oxygen atoms in total. The zero-order chi connectivity index (χ0) is 15.6. The molecule has 0 heterocycles. The fourth-order valence-corrected chi connectivity index (χ4v) is 2.55. The first-order valence-corrected chi connectivity index (χ1v) is 7.64. The van der Waals surface area contributed by atoms with Crippen LogP contribution in [0.1, 0.15) is 18.5 Å². The summed E-state index contributed by atoms with van der Waals surface area (Å²) in [4.78, 5) is 10.6. The van der Waals surface area contributed by atoms with Gasteiger partial charge in [0, 0.05) is 16.6 Å². The van der Waals surface area contributed by atoms with Gasteiger partial charge < -0.3 is 10.5 Å². The molecule has 21 heavy (non-hydrogen) atoms. The van der Waals surface area contributed by atoms with E-state index in [9.17, 15) is 10.1 Å². The number of benzene rings is 2. The van der Waals surface area contributed by atoms with E-state index in [1.54, 1.807) is 18.2 Å². The molecule has 0 aromatic heterocycles. The lowest BCUT2D eigenvalue weighted by Gasteiger charge is -2.11. The fourth-order valence-electron chi connectivity index (χ4n) is 1.72. The highest BCUT2D eigenvalue weighted by atomic mass is 79.9. The van der Waals surface area contributed by atoms with E-state index in [0.29, 0.717) is 14.7 Å². The van der Waals surface area contributed by atoms with Gasteiger partial charge in [-0.1, -0.05) is 22.0 Å². The number of hydrogen-bond donors (Lipinski definition) is 1. The molecule has 2 N–H and O–H groups in total. The first-order chi connectivity index (χ1) is 9.88. The molecule has 0 amide bonds. The van der Waals surface area contributed by atoms with Crippen molar-refractivity contribution in [3.05, 3.63) is 61.0 Å². The summed E-state index contributed by atoms with van der Waals surface area (Å²) in [5.41, 5.74) is 6.65. The van der Waals surface area contributed by atoms with Crippen molar-refractivity contribution in [3.63, 3.8) is 0 Å². The predicted octanol–water partition coefficient (Wildman–Crippen LogP) is 4.93. The van der Waals surface area contributed by atoms with Gasteiger partial charge in [0.1, 0.15) is 5.75 Å². The molecule has 2 aromatic carbocycles. The largest absolute Gasteiger partial charge is 0.449 e. The molecule has 7 heteroatoms. The van der Waals surface area contributed by atoms with Gasteiger partial charge in [-0.25, -0.2) is 0 Å². The van der Waals surface area contributed by atoms with E-state index >= 15 is 0 Å². The minimum atomic E-state index is -0.482. The van der Waals surface area contributed by atoms with Gasteiger partial charge in [0.05, 0.1) is 9.40 Å². The van der Waals surface area contributed by atoms with Gasteiger partial charge in [-0.2, -0.15) is 0 Å². The standard InChI is InChI=1S/C14H12Br2N2O3/c1-8(17)9-2-4-13(11(16)6-9)21-14-5-3-10(15)7-12(14)18(19)20/h2-8H,17H2,1H3. The number of nitro benzene ring substituents is 1.